The van der Waals surface area contributed by atoms with Gasteiger partial charge in [0.2, 0.25) is 0 Å². The number of methoxy groups -OCH3 is 2. The fourth-order valence-electron chi connectivity index (χ4n) is 4.08. The minimum Gasteiger partial charge on any atom is -0.497 e. The third kappa shape index (κ3) is 10.0. The molecule has 242 valence electrons. The lowest BCUT2D eigenvalue weighted by molar-refractivity contribution is -0.135. The molecule has 0 amide bonds. The van der Waals surface area contributed by atoms with Crippen LogP contribution in [0.5, 0.6) is 23.0 Å². The number of nitrogens with zero attached hydrogens (tertiary/aromatic N) is 2. The normalized spacial score (nSPS) is 11.3. The number of carbonyl (C=O) groups is 1. The van der Waals surface area contributed by atoms with Gasteiger partial charge in [-0.05, 0) is 61.3 Å². The fourth-order valence-corrected chi connectivity index (χ4v) is 6.54. The van der Waals surface area contributed by atoms with Crippen LogP contribution in [0.25, 0.3) is 0 Å². The quantitative estimate of drug-likeness (QED) is 0.121. The van der Waals surface area contributed by atoms with Crippen molar-refractivity contribution in [1.82, 2.24) is 10.3 Å². The number of carboxylic acids is 1. The van der Waals surface area contributed by atoms with Crippen molar-refractivity contribution in [2.45, 2.75) is 38.1 Å². The fraction of sp³-hybridized carbons (Fsp3) is 0.290. The minimum atomic E-state index is -2.05. The highest BCUT2D eigenvalue weighted by Gasteiger charge is 2.25. The van der Waals surface area contributed by atoms with E-state index in [0.717, 1.165) is 11.6 Å². The standard InChI is InChI=1S/C29H28Cl2FN3O6S2.C2H6/c1-39-21-7-5-19(25(13-21)40-2)17-35(29-34-10-11-42-29)43(38)27-14-22(31)26(15-23(27)32)41-24-8-6-20(30)12-18(24)4-3-9-33-16-28(36)37;1-2/h5-8,10-15,33H,3-4,9,16-17H2,1-2H3,(H,36,37);1-2H3. The topological polar surface area (TPSA) is 110 Å². The molecule has 45 heavy (non-hydrogen) atoms. The summed E-state index contributed by atoms with van der Waals surface area (Å²) in [5, 5.41) is 14.3. The summed E-state index contributed by atoms with van der Waals surface area (Å²) in [5.41, 5.74) is 1.42. The molecule has 9 nitrogen and oxygen atoms in total. The van der Waals surface area contributed by atoms with E-state index in [-0.39, 0.29) is 28.8 Å². The highest BCUT2D eigenvalue weighted by atomic mass is 35.5. The van der Waals surface area contributed by atoms with Crippen molar-refractivity contribution in [3.63, 3.8) is 0 Å². The van der Waals surface area contributed by atoms with Crippen molar-refractivity contribution in [3.05, 3.63) is 87.1 Å². The van der Waals surface area contributed by atoms with Gasteiger partial charge in [0.15, 0.2) is 16.1 Å². The molecule has 1 unspecified atom stereocenters. The van der Waals surface area contributed by atoms with E-state index >= 15 is 4.39 Å². The number of thiazole rings is 1. The Morgan fingerprint density at radius 2 is 1.82 bits per heavy atom. The number of ether oxygens (including phenoxy) is 3. The lowest BCUT2D eigenvalue weighted by Crippen LogP contribution is -2.26. The van der Waals surface area contributed by atoms with Gasteiger partial charge in [0.1, 0.15) is 28.8 Å². The predicted octanol–water partition coefficient (Wildman–Crippen LogP) is 7.76. The van der Waals surface area contributed by atoms with E-state index in [1.807, 2.05) is 13.8 Å². The first-order valence-corrected chi connectivity index (χ1v) is 16.6. The second-order valence-corrected chi connectivity index (χ2v) is 12.1. The van der Waals surface area contributed by atoms with Gasteiger partial charge in [-0.3, -0.25) is 9.10 Å². The molecule has 0 saturated heterocycles. The van der Waals surface area contributed by atoms with Crippen molar-refractivity contribution < 1.29 is 32.7 Å². The Balaban J connectivity index is 0.00000271. The molecule has 0 spiro atoms. The van der Waals surface area contributed by atoms with Crippen LogP contribution in [0.4, 0.5) is 9.52 Å². The van der Waals surface area contributed by atoms with E-state index in [0.29, 0.717) is 52.4 Å². The molecule has 0 bridgehead atoms. The Labute approximate surface area is 278 Å². The number of benzene rings is 3. The van der Waals surface area contributed by atoms with E-state index in [4.69, 9.17) is 42.5 Å². The molecule has 0 saturated carbocycles. The molecule has 2 N–H and O–H groups in total. The van der Waals surface area contributed by atoms with Crippen LogP contribution in [0.1, 0.15) is 31.4 Å². The Hall–Kier alpha value is -3.42. The molecule has 0 aliphatic heterocycles. The molecule has 0 aliphatic carbocycles. The summed E-state index contributed by atoms with van der Waals surface area (Å²) < 4.78 is 47.7. The number of nitrogens with one attached hydrogen (secondary N) is 1. The Morgan fingerprint density at radius 1 is 1.04 bits per heavy atom. The zero-order valence-electron chi connectivity index (χ0n) is 25.1. The average Bonchev–Trinajstić information content (AvgIpc) is 3.57. The molecule has 4 aromatic rings. The number of carboxylic acid groups (broad SMARTS) is 1. The number of aryl methyl sites for hydroxylation is 1. The number of halogens is 3. The number of aromatic nitrogens is 1. The number of rotatable bonds is 15. The maximum absolute atomic E-state index is 15.6. The first-order chi connectivity index (χ1) is 21.7. The van der Waals surface area contributed by atoms with Gasteiger partial charge in [-0.25, -0.2) is 13.6 Å². The second-order valence-electron chi connectivity index (χ2n) is 9.02. The molecular formula is C31H34Cl2FN3O6S2. The number of anilines is 1. The highest BCUT2D eigenvalue weighted by molar-refractivity contribution is 7.86. The van der Waals surface area contributed by atoms with Gasteiger partial charge in [-0.15, -0.1) is 11.3 Å². The Kier molecular flexibility index (Phi) is 14.3. The molecular weight excluding hydrogens is 664 g/mol. The van der Waals surface area contributed by atoms with Gasteiger partial charge in [0.05, 0.1) is 37.2 Å². The Morgan fingerprint density at radius 3 is 2.49 bits per heavy atom. The van der Waals surface area contributed by atoms with Gasteiger partial charge in [-0.2, -0.15) is 0 Å². The van der Waals surface area contributed by atoms with Gasteiger partial charge in [0, 0.05) is 34.3 Å². The summed E-state index contributed by atoms with van der Waals surface area (Å²) in [6, 6.07) is 12.6. The zero-order valence-corrected chi connectivity index (χ0v) is 28.3. The maximum Gasteiger partial charge on any atom is 0.317 e. The van der Waals surface area contributed by atoms with Crippen molar-refractivity contribution in [2.75, 3.05) is 31.6 Å². The summed E-state index contributed by atoms with van der Waals surface area (Å²) in [7, 11) is 1.01. The summed E-state index contributed by atoms with van der Waals surface area (Å²) in [6.45, 7) is 4.42. The molecule has 0 radical (unpaired) electrons. The van der Waals surface area contributed by atoms with Gasteiger partial charge < -0.3 is 24.6 Å². The third-order valence-corrected chi connectivity index (χ3v) is 8.97. The lowest BCUT2D eigenvalue weighted by atomic mass is 10.1. The maximum atomic E-state index is 15.6. The number of hydrogen-bond acceptors (Lipinski definition) is 8. The van der Waals surface area contributed by atoms with Crippen molar-refractivity contribution >= 4 is 56.6 Å². The first-order valence-electron chi connectivity index (χ1n) is 13.9. The first kappa shape index (κ1) is 36.1. The van der Waals surface area contributed by atoms with Gasteiger partial charge >= 0.3 is 5.97 Å². The predicted molar refractivity (Wildman–Crippen MR) is 177 cm³/mol. The van der Waals surface area contributed by atoms with E-state index in [1.165, 1.54) is 28.8 Å². The Bertz CT molecular complexity index is 1590. The second kappa shape index (κ2) is 17.9. The van der Waals surface area contributed by atoms with E-state index in [2.05, 4.69) is 10.3 Å². The van der Waals surface area contributed by atoms with E-state index < -0.39 is 22.8 Å². The molecule has 14 heteroatoms. The third-order valence-electron chi connectivity index (χ3n) is 6.13. The SMILES string of the molecule is CC.COc1ccc(CN(c2nccs2)S(=O)c2cc(Cl)c(Oc3ccc(Cl)cc3CCCNCC(=O)O)cc2F)c(OC)c1. The average molecular weight is 699 g/mol. The summed E-state index contributed by atoms with van der Waals surface area (Å²) in [5.74, 6) is -0.178. The summed E-state index contributed by atoms with van der Waals surface area (Å²) in [6.07, 6.45) is 2.69. The minimum absolute atomic E-state index is 0.0325. The van der Waals surface area contributed by atoms with Crippen LogP contribution in [-0.2, 0) is 28.7 Å². The zero-order chi connectivity index (χ0) is 32.9. The van der Waals surface area contributed by atoms with E-state index in [1.54, 1.807) is 55.1 Å². The molecule has 0 aliphatic rings. The van der Waals surface area contributed by atoms with Gasteiger partial charge in [0.25, 0.3) is 0 Å². The molecule has 4 rings (SSSR count). The lowest BCUT2D eigenvalue weighted by Gasteiger charge is -2.23. The summed E-state index contributed by atoms with van der Waals surface area (Å²) >= 11 is 14.0. The van der Waals surface area contributed by atoms with Crippen LogP contribution in [0, 0.1) is 5.82 Å². The highest BCUT2D eigenvalue weighted by Crippen LogP contribution is 2.37. The van der Waals surface area contributed by atoms with Crippen molar-refractivity contribution in [1.29, 1.82) is 0 Å². The van der Waals surface area contributed by atoms with Crippen LogP contribution < -0.4 is 23.8 Å². The monoisotopic (exact) mass is 697 g/mol. The van der Waals surface area contributed by atoms with Crippen LogP contribution in [0.15, 0.2) is 65.0 Å². The number of hydrogen-bond donors (Lipinski definition) is 2. The molecule has 1 atom stereocenters. The molecule has 3 aromatic carbocycles. The smallest absolute Gasteiger partial charge is 0.317 e. The van der Waals surface area contributed by atoms with Crippen LogP contribution in [0.3, 0.4) is 0 Å². The largest absolute Gasteiger partial charge is 0.497 e. The van der Waals surface area contributed by atoms with Crippen molar-refractivity contribution in [3.8, 4) is 23.0 Å². The number of aliphatic carboxylic acids is 1. The van der Waals surface area contributed by atoms with Crippen molar-refractivity contribution in [2.24, 2.45) is 0 Å². The molecule has 0 fully saturated rings. The van der Waals surface area contributed by atoms with E-state index in [9.17, 15) is 9.00 Å². The molecule has 1 heterocycles. The van der Waals surface area contributed by atoms with Crippen LogP contribution in [0.2, 0.25) is 10.0 Å². The van der Waals surface area contributed by atoms with Gasteiger partial charge in [-0.1, -0.05) is 37.0 Å². The van der Waals surface area contributed by atoms with Crippen LogP contribution >= 0.6 is 34.5 Å². The molecule has 1 aromatic heterocycles. The van der Waals surface area contributed by atoms with Crippen LogP contribution in [-0.4, -0.2) is 47.6 Å². The summed E-state index contributed by atoms with van der Waals surface area (Å²) in [4.78, 5) is 14.9.